The summed E-state index contributed by atoms with van der Waals surface area (Å²) in [7, 11) is 1.30. The number of carbonyl (C=O) groups excluding carboxylic acids is 2. The molecular formula is C22H19N3O3S. The first-order valence-electron chi connectivity index (χ1n) is 8.78. The maximum absolute atomic E-state index is 12.3. The summed E-state index contributed by atoms with van der Waals surface area (Å²) in [4.78, 5) is 23.7. The summed E-state index contributed by atoms with van der Waals surface area (Å²) in [6.07, 6.45) is 0. The van der Waals surface area contributed by atoms with Crippen molar-refractivity contribution in [2.75, 3.05) is 17.7 Å². The van der Waals surface area contributed by atoms with Crippen LogP contribution in [0.25, 0.3) is 0 Å². The van der Waals surface area contributed by atoms with Crippen LogP contribution in [0.15, 0.2) is 78.9 Å². The highest BCUT2D eigenvalue weighted by Gasteiger charge is 2.10. The SMILES string of the molecule is COC(=O)c1ccc(C(=O)NC(=S)Nc2ccc(Nc3ccccc3)cc2)cc1. The summed E-state index contributed by atoms with van der Waals surface area (Å²) in [6, 6.07) is 23.5. The molecule has 0 aromatic heterocycles. The van der Waals surface area contributed by atoms with Crippen molar-refractivity contribution in [2.45, 2.75) is 0 Å². The zero-order valence-electron chi connectivity index (χ0n) is 15.6. The van der Waals surface area contributed by atoms with Gasteiger partial charge in [-0.05, 0) is 72.9 Å². The van der Waals surface area contributed by atoms with E-state index in [4.69, 9.17) is 12.2 Å². The van der Waals surface area contributed by atoms with Gasteiger partial charge in [0.25, 0.3) is 5.91 Å². The minimum absolute atomic E-state index is 0.177. The molecule has 0 saturated heterocycles. The lowest BCUT2D eigenvalue weighted by molar-refractivity contribution is 0.0600. The molecule has 0 bridgehead atoms. The molecule has 1 amide bonds. The first kappa shape index (κ1) is 20.0. The van der Waals surface area contributed by atoms with E-state index < -0.39 is 5.97 Å². The maximum Gasteiger partial charge on any atom is 0.337 e. The number of para-hydroxylation sites is 1. The quantitative estimate of drug-likeness (QED) is 0.433. The van der Waals surface area contributed by atoms with E-state index in [0.29, 0.717) is 11.1 Å². The van der Waals surface area contributed by atoms with Gasteiger partial charge in [-0.25, -0.2) is 4.79 Å². The van der Waals surface area contributed by atoms with Gasteiger partial charge in [-0.1, -0.05) is 18.2 Å². The molecule has 0 unspecified atom stereocenters. The summed E-state index contributed by atoms with van der Waals surface area (Å²) >= 11 is 5.20. The normalized spacial score (nSPS) is 9.97. The van der Waals surface area contributed by atoms with E-state index in [1.54, 1.807) is 0 Å². The van der Waals surface area contributed by atoms with Crippen molar-refractivity contribution in [1.82, 2.24) is 5.32 Å². The highest BCUT2D eigenvalue weighted by Crippen LogP contribution is 2.18. The fourth-order valence-corrected chi connectivity index (χ4v) is 2.75. The van der Waals surface area contributed by atoms with Crippen molar-refractivity contribution in [3.05, 3.63) is 90.0 Å². The van der Waals surface area contributed by atoms with E-state index in [0.717, 1.165) is 17.1 Å². The van der Waals surface area contributed by atoms with Crippen LogP contribution in [-0.4, -0.2) is 24.1 Å². The summed E-state index contributed by atoms with van der Waals surface area (Å²) in [5, 5.41) is 9.05. The van der Waals surface area contributed by atoms with Gasteiger partial charge in [-0.2, -0.15) is 0 Å². The first-order chi connectivity index (χ1) is 14.0. The van der Waals surface area contributed by atoms with Crippen LogP contribution in [0.2, 0.25) is 0 Å². The number of hydrogen-bond donors (Lipinski definition) is 3. The summed E-state index contributed by atoms with van der Waals surface area (Å²) < 4.78 is 4.63. The van der Waals surface area contributed by atoms with Gasteiger partial charge >= 0.3 is 5.97 Å². The molecule has 7 heteroatoms. The lowest BCUT2D eigenvalue weighted by atomic mass is 10.1. The first-order valence-corrected chi connectivity index (χ1v) is 9.19. The van der Waals surface area contributed by atoms with Gasteiger partial charge in [0.1, 0.15) is 0 Å². The van der Waals surface area contributed by atoms with E-state index in [2.05, 4.69) is 20.7 Å². The number of nitrogens with one attached hydrogen (secondary N) is 3. The Morgan fingerprint density at radius 1 is 0.759 bits per heavy atom. The number of thiocarbonyl (C=S) groups is 1. The van der Waals surface area contributed by atoms with Crippen LogP contribution in [0.1, 0.15) is 20.7 Å². The van der Waals surface area contributed by atoms with E-state index in [1.807, 2.05) is 54.6 Å². The fourth-order valence-electron chi connectivity index (χ4n) is 2.54. The summed E-state index contributed by atoms with van der Waals surface area (Å²) in [6.45, 7) is 0. The predicted molar refractivity (Wildman–Crippen MR) is 118 cm³/mol. The Hall–Kier alpha value is -3.71. The van der Waals surface area contributed by atoms with Crippen molar-refractivity contribution < 1.29 is 14.3 Å². The van der Waals surface area contributed by atoms with Crippen molar-refractivity contribution in [2.24, 2.45) is 0 Å². The number of methoxy groups -OCH3 is 1. The lowest BCUT2D eigenvalue weighted by Crippen LogP contribution is -2.34. The Bertz CT molecular complexity index is 1000. The Kier molecular flexibility index (Phi) is 6.55. The molecule has 3 aromatic rings. The maximum atomic E-state index is 12.3. The topological polar surface area (TPSA) is 79.5 Å². The molecule has 146 valence electrons. The van der Waals surface area contributed by atoms with Crippen LogP contribution in [0, 0.1) is 0 Å². The minimum atomic E-state index is -0.459. The number of esters is 1. The van der Waals surface area contributed by atoms with Gasteiger partial charge in [-0.15, -0.1) is 0 Å². The van der Waals surface area contributed by atoms with Crippen molar-refractivity contribution in [1.29, 1.82) is 0 Å². The molecule has 0 aliphatic heterocycles. The molecule has 0 atom stereocenters. The van der Waals surface area contributed by atoms with Gasteiger partial charge in [0.2, 0.25) is 0 Å². The molecule has 3 aromatic carbocycles. The van der Waals surface area contributed by atoms with Gasteiger partial charge in [0, 0.05) is 22.6 Å². The van der Waals surface area contributed by atoms with Gasteiger partial charge in [-0.3, -0.25) is 10.1 Å². The highest BCUT2D eigenvalue weighted by atomic mass is 32.1. The van der Waals surface area contributed by atoms with E-state index in [1.165, 1.54) is 31.4 Å². The van der Waals surface area contributed by atoms with Gasteiger partial charge in [0.05, 0.1) is 12.7 Å². The zero-order chi connectivity index (χ0) is 20.6. The van der Waals surface area contributed by atoms with Crippen LogP contribution in [0.5, 0.6) is 0 Å². The molecule has 3 N–H and O–H groups in total. The van der Waals surface area contributed by atoms with E-state index in [-0.39, 0.29) is 11.0 Å². The third-order valence-corrected chi connectivity index (χ3v) is 4.20. The average molecular weight is 405 g/mol. The minimum Gasteiger partial charge on any atom is -0.465 e. The number of rotatable bonds is 5. The van der Waals surface area contributed by atoms with Crippen LogP contribution in [0.3, 0.4) is 0 Å². The van der Waals surface area contributed by atoms with Crippen LogP contribution >= 0.6 is 12.2 Å². The van der Waals surface area contributed by atoms with Gasteiger partial charge in [0.15, 0.2) is 5.11 Å². The molecule has 3 rings (SSSR count). The second kappa shape index (κ2) is 9.48. The largest absolute Gasteiger partial charge is 0.465 e. The van der Waals surface area contributed by atoms with Gasteiger partial charge < -0.3 is 15.4 Å². The smallest absolute Gasteiger partial charge is 0.337 e. The fraction of sp³-hybridized carbons (Fsp3) is 0.0455. The van der Waals surface area contributed by atoms with Crippen molar-refractivity contribution in [3.63, 3.8) is 0 Å². The number of carbonyl (C=O) groups is 2. The van der Waals surface area contributed by atoms with E-state index in [9.17, 15) is 9.59 Å². The van der Waals surface area contributed by atoms with E-state index >= 15 is 0 Å². The second-order valence-corrected chi connectivity index (χ2v) is 6.45. The molecule has 0 spiro atoms. The predicted octanol–water partition coefficient (Wildman–Crippen LogP) is 4.34. The lowest BCUT2D eigenvalue weighted by Gasteiger charge is -2.11. The molecule has 0 radical (unpaired) electrons. The highest BCUT2D eigenvalue weighted by molar-refractivity contribution is 7.80. The zero-order valence-corrected chi connectivity index (χ0v) is 16.5. The summed E-state index contributed by atoms with van der Waals surface area (Å²) in [5.74, 6) is -0.833. The monoisotopic (exact) mass is 405 g/mol. The second-order valence-electron chi connectivity index (χ2n) is 6.05. The molecule has 0 heterocycles. The number of amides is 1. The van der Waals surface area contributed by atoms with Crippen LogP contribution in [0.4, 0.5) is 17.1 Å². The number of anilines is 3. The Labute approximate surface area is 173 Å². The standard InChI is InChI=1S/C22H19N3O3S/c1-28-21(27)16-9-7-15(8-10-16)20(26)25-22(29)24-19-13-11-18(12-14-19)23-17-5-3-2-4-6-17/h2-14,23H,1H3,(H2,24,25,26,29). The summed E-state index contributed by atoms with van der Waals surface area (Å²) in [5.41, 5.74) is 3.42. The third kappa shape index (κ3) is 5.63. The van der Waals surface area contributed by atoms with Crippen molar-refractivity contribution >= 4 is 46.3 Å². The van der Waals surface area contributed by atoms with Crippen LogP contribution in [-0.2, 0) is 4.74 Å². The Morgan fingerprint density at radius 2 is 1.31 bits per heavy atom. The molecule has 29 heavy (non-hydrogen) atoms. The average Bonchev–Trinajstić information content (AvgIpc) is 2.75. The molecule has 6 nitrogen and oxygen atoms in total. The molecule has 0 aliphatic rings. The molecular weight excluding hydrogens is 386 g/mol. The Morgan fingerprint density at radius 3 is 1.93 bits per heavy atom. The molecule has 0 fully saturated rings. The Balaban J connectivity index is 1.54. The molecule has 0 aliphatic carbocycles. The number of ether oxygens (including phenoxy) is 1. The number of hydrogen-bond acceptors (Lipinski definition) is 5. The third-order valence-electron chi connectivity index (χ3n) is 4.00. The van der Waals surface area contributed by atoms with Crippen molar-refractivity contribution in [3.8, 4) is 0 Å². The number of benzene rings is 3. The molecule has 0 saturated carbocycles. The van der Waals surface area contributed by atoms with Crippen LogP contribution < -0.4 is 16.0 Å².